The van der Waals surface area contributed by atoms with Crippen molar-refractivity contribution < 1.29 is 0 Å². The molecule has 0 saturated carbocycles. The molecule has 4 aromatic rings. The first kappa shape index (κ1) is 16.3. The Morgan fingerprint density at radius 2 is 1.86 bits per heavy atom. The van der Waals surface area contributed by atoms with Crippen molar-refractivity contribution in [1.29, 1.82) is 0 Å². The monoisotopic (exact) mass is 371 g/mol. The molecule has 0 amide bonds. The first-order valence-electron chi connectivity index (χ1n) is 10.5. The third kappa shape index (κ3) is 2.65. The van der Waals surface area contributed by atoms with Gasteiger partial charge in [0.05, 0.1) is 11.0 Å². The third-order valence-corrected chi connectivity index (χ3v) is 6.54. The molecule has 1 atom stereocenters. The van der Waals surface area contributed by atoms with Gasteiger partial charge in [0, 0.05) is 44.1 Å². The zero-order valence-electron chi connectivity index (χ0n) is 16.1. The Balaban J connectivity index is 1.41. The van der Waals surface area contributed by atoms with Gasteiger partial charge in [-0.15, -0.1) is 0 Å². The molecule has 5 heteroatoms. The number of piperidine rings is 1. The van der Waals surface area contributed by atoms with Gasteiger partial charge in [-0.1, -0.05) is 12.5 Å². The molecule has 0 aliphatic carbocycles. The lowest BCUT2D eigenvalue weighted by atomic mass is 9.98. The fourth-order valence-electron chi connectivity index (χ4n) is 5.08. The van der Waals surface area contributed by atoms with Crippen LogP contribution in [0.3, 0.4) is 0 Å². The Kier molecular flexibility index (Phi) is 3.76. The number of imidazole rings is 2. The van der Waals surface area contributed by atoms with E-state index in [1.807, 2.05) is 12.4 Å². The predicted octanol–water partition coefficient (Wildman–Crippen LogP) is 4.15. The van der Waals surface area contributed by atoms with E-state index >= 15 is 0 Å². The van der Waals surface area contributed by atoms with E-state index in [1.165, 1.54) is 61.2 Å². The van der Waals surface area contributed by atoms with Crippen LogP contribution in [0.15, 0.2) is 48.9 Å². The van der Waals surface area contributed by atoms with Gasteiger partial charge in [0.15, 0.2) is 0 Å². The lowest BCUT2D eigenvalue weighted by molar-refractivity contribution is 0.135. The Hall–Kier alpha value is -2.66. The number of aromatic nitrogens is 4. The average molecular weight is 371 g/mol. The van der Waals surface area contributed by atoms with Crippen LogP contribution in [-0.4, -0.2) is 43.0 Å². The molecular formula is C23H25N5. The number of hydrogen-bond donors (Lipinski definition) is 0. The maximum absolute atomic E-state index is 5.10. The molecule has 2 aliphatic heterocycles. The summed E-state index contributed by atoms with van der Waals surface area (Å²) in [6, 6.07) is 11.6. The largest absolute Gasteiger partial charge is 0.328 e. The van der Waals surface area contributed by atoms with Gasteiger partial charge in [0.25, 0.3) is 0 Å². The van der Waals surface area contributed by atoms with Gasteiger partial charge < -0.3 is 8.97 Å². The molecule has 5 heterocycles. The van der Waals surface area contributed by atoms with Crippen LogP contribution in [-0.2, 0) is 13.0 Å². The number of nitrogens with zero attached hydrogens (tertiary/aromatic N) is 5. The fourth-order valence-corrected chi connectivity index (χ4v) is 5.08. The van der Waals surface area contributed by atoms with Crippen LogP contribution in [0.25, 0.3) is 27.8 Å². The van der Waals surface area contributed by atoms with Gasteiger partial charge in [0.2, 0.25) is 0 Å². The summed E-state index contributed by atoms with van der Waals surface area (Å²) in [6.45, 7) is 3.58. The van der Waals surface area contributed by atoms with Crippen LogP contribution in [0.4, 0.5) is 0 Å². The van der Waals surface area contributed by atoms with E-state index in [2.05, 4.69) is 55.4 Å². The number of fused-ring (bicyclic) bond motifs is 5. The van der Waals surface area contributed by atoms with Crippen molar-refractivity contribution in [1.82, 2.24) is 23.8 Å². The van der Waals surface area contributed by atoms with Crippen molar-refractivity contribution in [3.63, 3.8) is 0 Å². The number of rotatable bonds is 1. The lowest BCUT2D eigenvalue weighted by Gasteiger charge is -2.37. The number of hydrogen-bond acceptors (Lipinski definition) is 3. The average Bonchev–Trinajstić information content (AvgIpc) is 3.30. The second-order valence-electron chi connectivity index (χ2n) is 8.24. The van der Waals surface area contributed by atoms with Crippen LogP contribution in [0, 0.1) is 0 Å². The van der Waals surface area contributed by atoms with Crippen molar-refractivity contribution >= 4 is 16.7 Å². The molecule has 5 nitrogen and oxygen atoms in total. The Morgan fingerprint density at radius 1 is 0.929 bits per heavy atom. The molecule has 6 rings (SSSR count). The molecule has 0 spiro atoms. The van der Waals surface area contributed by atoms with E-state index in [-0.39, 0.29) is 0 Å². The van der Waals surface area contributed by atoms with Crippen molar-refractivity contribution in [3.05, 3.63) is 54.7 Å². The maximum Gasteiger partial charge on any atom is 0.136 e. The molecule has 28 heavy (non-hydrogen) atoms. The zero-order valence-corrected chi connectivity index (χ0v) is 16.1. The SMILES string of the molecule is c1cn2cc(-c3ccc4c(c3)nc3n4CCCN4CCCC[C@H]4C3)ccc2n1. The van der Waals surface area contributed by atoms with Crippen molar-refractivity contribution in [2.75, 3.05) is 13.1 Å². The van der Waals surface area contributed by atoms with E-state index in [0.717, 1.165) is 24.1 Å². The summed E-state index contributed by atoms with van der Waals surface area (Å²) in [5, 5.41) is 0. The molecule has 1 saturated heterocycles. The van der Waals surface area contributed by atoms with Gasteiger partial charge in [-0.05, 0) is 61.2 Å². The second-order valence-corrected chi connectivity index (χ2v) is 8.24. The summed E-state index contributed by atoms with van der Waals surface area (Å²) in [7, 11) is 0. The van der Waals surface area contributed by atoms with Crippen LogP contribution in [0.5, 0.6) is 0 Å². The van der Waals surface area contributed by atoms with Crippen LogP contribution in [0.1, 0.15) is 31.5 Å². The number of benzene rings is 1. The number of aryl methyl sites for hydroxylation is 1. The van der Waals surface area contributed by atoms with E-state index in [1.54, 1.807) is 0 Å². The van der Waals surface area contributed by atoms with E-state index in [4.69, 9.17) is 4.98 Å². The summed E-state index contributed by atoms with van der Waals surface area (Å²) >= 11 is 0. The van der Waals surface area contributed by atoms with Crippen LogP contribution in [0.2, 0.25) is 0 Å². The minimum absolute atomic E-state index is 0.674. The van der Waals surface area contributed by atoms with Gasteiger partial charge in [-0.2, -0.15) is 0 Å². The minimum Gasteiger partial charge on any atom is -0.328 e. The molecule has 0 bridgehead atoms. The minimum atomic E-state index is 0.674. The van der Waals surface area contributed by atoms with E-state index in [0.29, 0.717) is 6.04 Å². The van der Waals surface area contributed by atoms with Gasteiger partial charge in [-0.25, -0.2) is 9.97 Å². The van der Waals surface area contributed by atoms with Crippen molar-refractivity contribution in [2.45, 2.75) is 44.7 Å². The van der Waals surface area contributed by atoms with E-state index < -0.39 is 0 Å². The lowest BCUT2D eigenvalue weighted by Crippen LogP contribution is -2.43. The topological polar surface area (TPSA) is 38.4 Å². The summed E-state index contributed by atoms with van der Waals surface area (Å²) in [5.41, 5.74) is 5.81. The predicted molar refractivity (Wildman–Crippen MR) is 111 cm³/mol. The molecule has 1 fully saturated rings. The number of pyridine rings is 1. The third-order valence-electron chi connectivity index (χ3n) is 6.54. The van der Waals surface area contributed by atoms with Gasteiger partial charge in [0.1, 0.15) is 11.5 Å². The molecule has 0 radical (unpaired) electrons. The van der Waals surface area contributed by atoms with Gasteiger partial charge >= 0.3 is 0 Å². The van der Waals surface area contributed by atoms with Crippen LogP contribution >= 0.6 is 0 Å². The molecule has 142 valence electrons. The zero-order chi connectivity index (χ0) is 18.5. The highest BCUT2D eigenvalue weighted by atomic mass is 15.2. The van der Waals surface area contributed by atoms with Gasteiger partial charge in [-0.3, -0.25) is 4.90 Å². The van der Waals surface area contributed by atoms with E-state index in [9.17, 15) is 0 Å². The fraction of sp³-hybridized carbons (Fsp3) is 0.391. The van der Waals surface area contributed by atoms with Crippen LogP contribution < -0.4 is 0 Å². The summed E-state index contributed by atoms with van der Waals surface area (Å²) in [4.78, 5) is 12.1. The first-order chi connectivity index (χ1) is 13.8. The van der Waals surface area contributed by atoms with Crippen molar-refractivity contribution in [3.8, 4) is 11.1 Å². The molecular weight excluding hydrogens is 346 g/mol. The Bertz CT molecular complexity index is 1150. The molecule has 0 N–H and O–H groups in total. The summed E-state index contributed by atoms with van der Waals surface area (Å²) < 4.78 is 4.55. The quantitative estimate of drug-likeness (QED) is 0.504. The Labute approximate surface area is 164 Å². The highest BCUT2D eigenvalue weighted by Gasteiger charge is 2.26. The summed E-state index contributed by atoms with van der Waals surface area (Å²) in [5.74, 6) is 1.27. The molecule has 3 aromatic heterocycles. The Morgan fingerprint density at radius 3 is 2.86 bits per heavy atom. The molecule has 0 unspecified atom stereocenters. The molecule has 1 aromatic carbocycles. The first-order valence-corrected chi connectivity index (χ1v) is 10.5. The normalized spacial score (nSPS) is 20.6. The molecule has 2 aliphatic rings. The maximum atomic E-state index is 5.10. The highest BCUT2D eigenvalue weighted by molar-refractivity contribution is 5.82. The second kappa shape index (κ2) is 6.45. The van der Waals surface area contributed by atoms with Crippen molar-refractivity contribution in [2.24, 2.45) is 0 Å². The standard InChI is InChI=1S/C23H25N5/c1-2-10-26-11-3-12-28-21-7-5-17(14-20(21)25-23(28)15-19(26)4-1)18-6-8-22-24-9-13-27(22)16-18/h5-9,13-14,16,19H,1-4,10-12,15H2/t19-/m0/s1. The smallest absolute Gasteiger partial charge is 0.136 e. The highest BCUT2D eigenvalue weighted by Crippen LogP contribution is 2.29. The summed E-state index contributed by atoms with van der Waals surface area (Å²) in [6.07, 6.45) is 12.3.